The van der Waals surface area contributed by atoms with Gasteiger partial charge in [0.15, 0.2) is 5.78 Å². The number of Topliss-reactive ketones (excluding diaryl/α,β-unsaturated/α-hetero) is 1. The minimum Gasteiger partial charge on any atom is -0.397 e. The number of nitrogens with two attached hydrogens (primary N) is 1. The highest BCUT2D eigenvalue weighted by Gasteiger charge is 2.33. The predicted molar refractivity (Wildman–Crippen MR) is 73.4 cm³/mol. The molecule has 2 heterocycles. The fourth-order valence-corrected chi connectivity index (χ4v) is 3.39. The van der Waals surface area contributed by atoms with Crippen molar-refractivity contribution in [2.24, 2.45) is 5.92 Å². The first-order valence-corrected chi connectivity index (χ1v) is 7.33. The average Bonchev–Trinajstić information content (AvgIpc) is 3.16. The Kier molecular flexibility index (Phi) is 3.26. The molecule has 1 saturated carbocycles. The van der Waals surface area contributed by atoms with Crippen molar-refractivity contribution in [1.82, 2.24) is 0 Å². The van der Waals surface area contributed by atoms with Crippen LogP contribution in [-0.4, -0.2) is 32.1 Å². The Labute approximate surface area is 111 Å². The standard InChI is InChI=1S/C13H18N2O2S/c14-10-8-11(15-4-1-6-17-7-5-15)18-13(10)12(16)9-2-3-9/h8-9H,1-7,14H2. The molecule has 98 valence electrons. The van der Waals surface area contributed by atoms with Gasteiger partial charge in [-0.2, -0.15) is 0 Å². The van der Waals surface area contributed by atoms with E-state index < -0.39 is 0 Å². The van der Waals surface area contributed by atoms with Crippen LogP contribution in [0.2, 0.25) is 0 Å². The Morgan fingerprint density at radius 3 is 3.00 bits per heavy atom. The molecule has 0 unspecified atom stereocenters. The average molecular weight is 266 g/mol. The van der Waals surface area contributed by atoms with Crippen LogP contribution in [-0.2, 0) is 4.74 Å². The SMILES string of the molecule is Nc1cc(N2CCCOCC2)sc1C(=O)C1CC1. The summed E-state index contributed by atoms with van der Waals surface area (Å²) in [4.78, 5) is 15.1. The minimum atomic E-state index is 0.242. The van der Waals surface area contributed by atoms with Crippen LogP contribution < -0.4 is 10.6 Å². The molecule has 18 heavy (non-hydrogen) atoms. The lowest BCUT2D eigenvalue weighted by Crippen LogP contribution is -2.24. The first-order chi connectivity index (χ1) is 8.75. The lowest BCUT2D eigenvalue weighted by Gasteiger charge is -2.19. The topological polar surface area (TPSA) is 55.6 Å². The van der Waals surface area contributed by atoms with E-state index in [4.69, 9.17) is 10.5 Å². The Morgan fingerprint density at radius 1 is 1.39 bits per heavy atom. The van der Waals surface area contributed by atoms with Gasteiger partial charge in [-0.15, -0.1) is 11.3 Å². The summed E-state index contributed by atoms with van der Waals surface area (Å²) in [6.45, 7) is 3.45. The second kappa shape index (κ2) is 4.90. The van der Waals surface area contributed by atoms with E-state index >= 15 is 0 Å². The van der Waals surface area contributed by atoms with Crippen molar-refractivity contribution in [3.63, 3.8) is 0 Å². The predicted octanol–water partition coefficient (Wildman–Crippen LogP) is 2.15. The lowest BCUT2D eigenvalue weighted by molar-refractivity contribution is 0.0972. The molecule has 1 aromatic heterocycles. The van der Waals surface area contributed by atoms with Crippen molar-refractivity contribution < 1.29 is 9.53 Å². The van der Waals surface area contributed by atoms with Crippen molar-refractivity contribution in [3.8, 4) is 0 Å². The van der Waals surface area contributed by atoms with Crippen LogP contribution >= 0.6 is 11.3 Å². The molecular weight excluding hydrogens is 248 g/mol. The van der Waals surface area contributed by atoms with Crippen molar-refractivity contribution in [1.29, 1.82) is 0 Å². The van der Waals surface area contributed by atoms with Gasteiger partial charge in [0.25, 0.3) is 0 Å². The van der Waals surface area contributed by atoms with Gasteiger partial charge in [-0.3, -0.25) is 4.79 Å². The third-order valence-electron chi connectivity index (χ3n) is 3.45. The molecule has 0 aromatic carbocycles. The molecule has 3 rings (SSSR count). The highest BCUT2D eigenvalue weighted by atomic mass is 32.1. The van der Waals surface area contributed by atoms with Gasteiger partial charge in [0.2, 0.25) is 0 Å². The zero-order valence-corrected chi connectivity index (χ0v) is 11.2. The maximum atomic E-state index is 12.1. The van der Waals surface area contributed by atoms with Crippen molar-refractivity contribution in [3.05, 3.63) is 10.9 Å². The lowest BCUT2D eigenvalue weighted by atomic mass is 10.2. The zero-order chi connectivity index (χ0) is 12.5. The number of nitrogen functional groups attached to an aromatic ring is 1. The maximum Gasteiger partial charge on any atom is 0.178 e. The summed E-state index contributed by atoms with van der Waals surface area (Å²) in [5, 5.41) is 1.11. The smallest absolute Gasteiger partial charge is 0.178 e. The molecule has 0 bridgehead atoms. The molecule has 0 radical (unpaired) electrons. The van der Waals surface area contributed by atoms with Gasteiger partial charge in [-0.05, 0) is 25.3 Å². The number of ketones is 1. The number of nitrogens with zero attached hydrogens (tertiary/aromatic N) is 1. The summed E-state index contributed by atoms with van der Waals surface area (Å²) < 4.78 is 5.44. The largest absolute Gasteiger partial charge is 0.397 e. The van der Waals surface area contributed by atoms with Crippen LogP contribution in [0.15, 0.2) is 6.07 Å². The summed E-state index contributed by atoms with van der Waals surface area (Å²) in [5.41, 5.74) is 6.64. The van der Waals surface area contributed by atoms with Gasteiger partial charge >= 0.3 is 0 Å². The molecule has 1 saturated heterocycles. The number of anilines is 2. The van der Waals surface area contributed by atoms with Gasteiger partial charge < -0.3 is 15.4 Å². The van der Waals surface area contributed by atoms with E-state index in [1.165, 1.54) is 0 Å². The highest BCUT2D eigenvalue weighted by Crippen LogP contribution is 2.39. The van der Waals surface area contributed by atoms with Crippen molar-refractivity contribution in [2.45, 2.75) is 19.3 Å². The molecule has 1 aliphatic heterocycles. The molecular formula is C13H18N2O2S. The van der Waals surface area contributed by atoms with Gasteiger partial charge in [-0.1, -0.05) is 0 Å². The first kappa shape index (κ1) is 12.0. The van der Waals surface area contributed by atoms with Gasteiger partial charge in [0.1, 0.15) is 0 Å². The fraction of sp³-hybridized carbons (Fsp3) is 0.615. The molecule has 0 amide bonds. The number of hydrogen-bond acceptors (Lipinski definition) is 5. The summed E-state index contributed by atoms with van der Waals surface area (Å²) in [7, 11) is 0. The first-order valence-electron chi connectivity index (χ1n) is 6.52. The summed E-state index contributed by atoms with van der Waals surface area (Å²) in [6, 6.07) is 1.95. The minimum absolute atomic E-state index is 0.242. The monoisotopic (exact) mass is 266 g/mol. The number of carbonyl (C=O) groups excluding carboxylic acids is 1. The summed E-state index contributed by atoms with van der Waals surface area (Å²) in [5.74, 6) is 0.487. The van der Waals surface area contributed by atoms with Gasteiger partial charge in [0.05, 0.1) is 22.2 Å². The van der Waals surface area contributed by atoms with Crippen LogP contribution in [0.5, 0.6) is 0 Å². The normalized spacial score (nSPS) is 20.8. The van der Waals surface area contributed by atoms with Crippen LogP contribution in [0.4, 0.5) is 10.7 Å². The summed E-state index contributed by atoms with van der Waals surface area (Å²) in [6.07, 6.45) is 3.09. The molecule has 2 N–H and O–H groups in total. The second-order valence-corrected chi connectivity index (χ2v) is 5.99. The van der Waals surface area contributed by atoms with E-state index in [2.05, 4.69) is 4.90 Å². The Balaban J connectivity index is 1.79. The van der Waals surface area contributed by atoms with Crippen molar-refractivity contribution >= 4 is 27.8 Å². The van der Waals surface area contributed by atoms with E-state index in [1.54, 1.807) is 11.3 Å². The van der Waals surface area contributed by atoms with Gasteiger partial charge in [-0.25, -0.2) is 0 Å². The van der Waals surface area contributed by atoms with Crippen LogP contribution in [0.25, 0.3) is 0 Å². The Hall–Kier alpha value is -1.07. The molecule has 1 aromatic rings. The van der Waals surface area contributed by atoms with Crippen LogP contribution in [0, 0.1) is 5.92 Å². The Bertz CT molecular complexity index is 446. The third kappa shape index (κ3) is 2.37. The molecule has 4 nitrogen and oxygen atoms in total. The fourth-order valence-electron chi connectivity index (χ4n) is 2.24. The van der Waals surface area contributed by atoms with E-state index in [1.807, 2.05) is 6.07 Å². The molecule has 2 aliphatic rings. The number of carbonyl (C=O) groups is 1. The van der Waals surface area contributed by atoms with E-state index in [0.717, 1.165) is 55.4 Å². The molecule has 0 spiro atoms. The molecule has 5 heteroatoms. The van der Waals surface area contributed by atoms with E-state index in [9.17, 15) is 4.79 Å². The second-order valence-electron chi connectivity index (χ2n) is 4.96. The van der Waals surface area contributed by atoms with Crippen LogP contribution in [0.1, 0.15) is 28.9 Å². The van der Waals surface area contributed by atoms with Gasteiger partial charge in [0, 0.05) is 25.6 Å². The van der Waals surface area contributed by atoms with E-state index in [-0.39, 0.29) is 11.7 Å². The quantitative estimate of drug-likeness (QED) is 0.852. The van der Waals surface area contributed by atoms with Crippen molar-refractivity contribution in [2.75, 3.05) is 36.9 Å². The van der Waals surface area contributed by atoms with Crippen LogP contribution in [0.3, 0.4) is 0 Å². The molecule has 1 aliphatic carbocycles. The Morgan fingerprint density at radius 2 is 2.22 bits per heavy atom. The van der Waals surface area contributed by atoms with E-state index in [0.29, 0.717) is 5.69 Å². The number of ether oxygens (including phenoxy) is 1. The third-order valence-corrected chi connectivity index (χ3v) is 4.68. The number of hydrogen-bond donors (Lipinski definition) is 1. The zero-order valence-electron chi connectivity index (χ0n) is 10.4. The maximum absolute atomic E-state index is 12.1. The molecule has 0 atom stereocenters. The number of rotatable bonds is 3. The highest BCUT2D eigenvalue weighted by molar-refractivity contribution is 7.18. The summed E-state index contributed by atoms with van der Waals surface area (Å²) >= 11 is 1.55. The molecule has 2 fully saturated rings. The number of thiophene rings is 1.